The van der Waals surface area contributed by atoms with Gasteiger partial charge in [0.2, 0.25) is 0 Å². The lowest BCUT2D eigenvalue weighted by Gasteiger charge is -1.98. The summed E-state index contributed by atoms with van der Waals surface area (Å²) in [4.78, 5) is 4.21. The van der Waals surface area contributed by atoms with Crippen LogP contribution in [0.5, 0.6) is 0 Å². The molecule has 0 aliphatic heterocycles. The highest BCUT2D eigenvalue weighted by Crippen LogP contribution is 2.14. The highest BCUT2D eigenvalue weighted by Gasteiger charge is 2.07. The quantitative estimate of drug-likeness (QED) is 0.526. The number of ether oxygens (including phenoxy) is 1. The fraction of sp³-hybridized carbons (Fsp3) is 0.300. The third kappa shape index (κ3) is 2.21. The van der Waals surface area contributed by atoms with Gasteiger partial charge in [0, 0.05) is 0 Å². The van der Waals surface area contributed by atoms with Crippen molar-refractivity contribution in [2.75, 3.05) is 7.11 Å². The smallest absolute Gasteiger partial charge is 0.262 e. The van der Waals surface area contributed by atoms with Gasteiger partial charge in [-0.3, -0.25) is 0 Å². The fourth-order valence-corrected chi connectivity index (χ4v) is 0.916. The summed E-state index contributed by atoms with van der Waals surface area (Å²) in [6, 6.07) is 0. The zero-order valence-electron chi connectivity index (χ0n) is 7.91. The third-order valence-corrected chi connectivity index (χ3v) is 1.61. The summed E-state index contributed by atoms with van der Waals surface area (Å²) in [5.74, 6) is 1.09. The van der Waals surface area contributed by atoms with E-state index >= 15 is 0 Å². The van der Waals surface area contributed by atoms with Crippen molar-refractivity contribution in [3.63, 3.8) is 0 Å². The molecule has 13 heavy (non-hydrogen) atoms. The summed E-state index contributed by atoms with van der Waals surface area (Å²) in [6.07, 6.45) is 5.83. The van der Waals surface area contributed by atoms with Crippen molar-refractivity contribution < 1.29 is 9.15 Å². The molecule has 0 radical (unpaired) electrons. The zero-order chi connectivity index (χ0) is 9.68. The van der Waals surface area contributed by atoms with Gasteiger partial charge < -0.3 is 9.15 Å². The summed E-state index contributed by atoms with van der Waals surface area (Å²) in [6.45, 7) is 5.59. The Morgan fingerprint density at radius 3 is 3.00 bits per heavy atom. The number of hydrogen-bond acceptors (Lipinski definition) is 3. The lowest BCUT2D eigenvalue weighted by Crippen LogP contribution is -1.88. The molecule has 1 aromatic rings. The number of rotatable bonds is 4. The summed E-state index contributed by atoms with van der Waals surface area (Å²) in [7, 11) is 1.57. The number of methoxy groups -OCH3 is 1. The van der Waals surface area contributed by atoms with Crippen molar-refractivity contribution >= 4 is 5.76 Å². The van der Waals surface area contributed by atoms with Gasteiger partial charge in [-0.2, -0.15) is 0 Å². The first-order valence-corrected chi connectivity index (χ1v) is 4.13. The average molecular weight is 179 g/mol. The van der Waals surface area contributed by atoms with Crippen LogP contribution in [0.4, 0.5) is 0 Å². The van der Waals surface area contributed by atoms with Crippen LogP contribution in [0.2, 0.25) is 0 Å². The Balaban J connectivity index is 2.91. The summed E-state index contributed by atoms with van der Waals surface area (Å²) in [5, 5.41) is 0. The van der Waals surface area contributed by atoms with Crippen molar-refractivity contribution in [2.45, 2.75) is 13.3 Å². The topological polar surface area (TPSA) is 35.3 Å². The molecule has 0 fully saturated rings. The molecule has 0 aliphatic rings. The molecule has 0 aliphatic carbocycles. The predicted molar refractivity (Wildman–Crippen MR) is 51.1 cm³/mol. The Morgan fingerprint density at radius 1 is 1.77 bits per heavy atom. The van der Waals surface area contributed by atoms with Gasteiger partial charge in [0.15, 0.2) is 5.76 Å². The molecule has 0 atom stereocenters. The highest BCUT2D eigenvalue weighted by atomic mass is 16.5. The van der Waals surface area contributed by atoms with Gasteiger partial charge in [-0.1, -0.05) is 19.6 Å². The molecule has 0 saturated carbocycles. The number of aryl methyl sites for hydroxylation is 1. The Hall–Kier alpha value is -1.51. The number of oxazole rings is 1. The van der Waals surface area contributed by atoms with E-state index in [1.54, 1.807) is 25.5 Å². The van der Waals surface area contributed by atoms with Crippen LogP contribution in [0.15, 0.2) is 29.4 Å². The van der Waals surface area contributed by atoms with E-state index < -0.39 is 0 Å². The van der Waals surface area contributed by atoms with Crippen LogP contribution in [-0.2, 0) is 11.2 Å². The average Bonchev–Trinajstić information content (AvgIpc) is 2.62. The van der Waals surface area contributed by atoms with Gasteiger partial charge in [0.05, 0.1) is 12.8 Å². The molecule has 0 unspecified atom stereocenters. The van der Waals surface area contributed by atoms with E-state index in [9.17, 15) is 0 Å². The van der Waals surface area contributed by atoms with Crippen LogP contribution in [0.25, 0.3) is 5.76 Å². The normalized spacial score (nSPS) is 11.4. The third-order valence-electron chi connectivity index (χ3n) is 1.61. The molecule has 0 spiro atoms. The summed E-state index contributed by atoms with van der Waals surface area (Å²) in [5.41, 5.74) is 0.919. The van der Waals surface area contributed by atoms with E-state index in [1.165, 1.54) is 0 Å². The van der Waals surface area contributed by atoms with Gasteiger partial charge in [0.1, 0.15) is 6.26 Å². The highest BCUT2D eigenvalue weighted by molar-refractivity contribution is 5.53. The SMILES string of the molecule is C=C/C=C(\OC)c1nc(CC)co1. The maximum Gasteiger partial charge on any atom is 0.262 e. The van der Waals surface area contributed by atoms with Crippen molar-refractivity contribution in [1.29, 1.82) is 0 Å². The maximum absolute atomic E-state index is 5.21. The molecular weight excluding hydrogens is 166 g/mol. The first-order valence-electron chi connectivity index (χ1n) is 4.13. The minimum atomic E-state index is 0.499. The van der Waals surface area contributed by atoms with E-state index in [0.717, 1.165) is 12.1 Å². The maximum atomic E-state index is 5.21. The molecule has 1 heterocycles. The predicted octanol–water partition coefficient (Wildman–Crippen LogP) is 2.41. The molecule has 1 aromatic heterocycles. The molecule has 0 aromatic carbocycles. The standard InChI is InChI=1S/C10H13NO2/c1-4-6-9(12-3)10-11-8(5-2)7-13-10/h4,6-7H,1,5H2,2-3H3/b9-6-. The van der Waals surface area contributed by atoms with E-state index in [1.807, 2.05) is 6.92 Å². The molecule has 70 valence electrons. The van der Waals surface area contributed by atoms with Crippen molar-refractivity contribution in [2.24, 2.45) is 0 Å². The molecule has 3 heteroatoms. The van der Waals surface area contributed by atoms with Crippen LogP contribution in [0, 0.1) is 0 Å². The second-order valence-corrected chi connectivity index (χ2v) is 2.47. The van der Waals surface area contributed by atoms with Gasteiger partial charge in [0.25, 0.3) is 5.89 Å². The van der Waals surface area contributed by atoms with Gasteiger partial charge in [-0.25, -0.2) is 4.98 Å². The lowest BCUT2D eigenvalue weighted by molar-refractivity contribution is 0.348. The first kappa shape index (κ1) is 9.58. The number of allylic oxidation sites excluding steroid dienone is 2. The molecule has 0 N–H and O–H groups in total. The van der Waals surface area contributed by atoms with E-state index in [0.29, 0.717) is 11.6 Å². The van der Waals surface area contributed by atoms with Gasteiger partial charge >= 0.3 is 0 Å². The van der Waals surface area contributed by atoms with E-state index in [-0.39, 0.29) is 0 Å². The monoisotopic (exact) mass is 179 g/mol. The molecule has 0 amide bonds. The Kier molecular flexibility index (Phi) is 3.31. The van der Waals surface area contributed by atoms with Gasteiger partial charge in [-0.15, -0.1) is 0 Å². The Bertz CT molecular complexity index is 312. The molecule has 0 bridgehead atoms. The number of nitrogens with zero attached hydrogens (tertiary/aromatic N) is 1. The van der Waals surface area contributed by atoms with Crippen molar-refractivity contribution in [3.8, 4) is 0 Å². The fourth-order valence-electron chi connectivity index (χ4n) is 0.916. The van der Waals surface area contributed by atoms with Crippen LogP contribution >= 0.6 is 0 Å². The Labute approximate surface area is 77.7 Å². The largest absolute Gasteiger partial charge is 0.491 e. The number of hydrogen-bond donors (Lipinski definition) is 0. The second-order valence-electron chi connectivity index (χ2n) is 2.47. The molecule has 3 nitrogen and oxygen atoms in total. The molecule has 0 saturated heterocycles. The lowest BCUT2D eigenvalue weighted by atomic mass is 10.4. The molecule has 1 rings (SSSR count). The van der Waals surface area contributed by atoms with Crippen LogP contribution in [0.3, 0.4) is 0 Å². The first-order chi connectivity index (χ1) is 6.31. The number of aromatic nitrogens is 1. The second kappa shape index (κ2) is 4.50. The molecular formula is C10H13NO2. The van der Waals surface area contributed by atoms with Crippen LogP contribution in [-0.4, -0.2) is 12.1 Å². The minimum absolute atomic E-state index is 0.499. The van der Waals surface area contributed by atoms with E-state index in [4.69, 9.17) is 9.15 Å². The zero-order valence-corrected chi connectivity index (χ0v) is 7.91. The minimum Gasteiger partial charge on any atom is -0.491 e. The van der Waals surface area contributed by atoms with Gasteiger partial charge in [-0.05, 0) is 12.5 Å². The van der Waals surface area contributed by atoms with Crippen LogP contribution < -0.4 is 0 Å². The summed E-state index contributed by atoms with van der Waals surface area (Å²) < 4.78 is 10.3. The summed E-state index contributed by atoms with van der Waals surface area (Å²) >= 11 is 0. The van der Waals surface area contributed by atoms with Crippen molar-refractivity contribution in [3.05, 3.63) is 36.6 Å². The van der Waals surface area contributed by atoms with Crippen molar-refractivity contribution in [1.82, 2.24) is 4.98 Å². The van der Waals surface area contributed by atoms with Crippen LogP contribution in [0.1, 0.15) is 18.5 Å². The Morgan fingerprint density at radius 2 is 2.54 bits per heavy atom. The van der Waals surface area contributed by atoms with E-state index in [2.05, 4.69) is 11.6 Å².